The molecule has 0 bridgehead atoms. The van der Waals surface area contributed by atoms with E-state index in [1.807, 2.05) is 0 Å². The third kappa shape index (κ3) is 2.90. The second-order valence-electron chi connectivity index (χ2n) is 10.8. The lowest BCUT2D eigenvalue weighted by atomic mass is 9.45. The molecule has 152 valence electrons. The van der Waals surface area contributed by atoms with E-state index in [0.717, 1.165) is 37.2 Å². The summed E-state index contributed by atoms with van der Waals surface area (Å²) in [7, 11) is 0. The van der Waals surface area contributed by atoms with Gasteiger partial charge in [-0.15, -0.1) is 0 Å². The van der Waals surface area contributed by atoms with Crippen molar-refractivity contribution in [2.75, 3.05) is 0 Å². The van der Waals surface area contributed by atoms with E-state index in [1.54, 1.807) is 0 Å². The highest BCUT2D eigenvalue weighted by atomic mass is 16.5. The van der Waals surface area contributed by atoms with Crippen LogP contribution < -0.4 is 0 Å². The number of benzene rings is 1. The molecule has 0 aliphatic heterocycles. The predicted octanol–water partition coefficient (Wildman–Crippen LogP) is 6.18. The molecule has 4 aliphatic rings. The molecule has 0 aromatic heterocycles. The number of hydrogen-bond donors (Lipinski definition) is 0. The second-order valence-corrected chi connectivity index (χ2v) is 10.8. The molecule has 4 aliphatic carbocycles. The maximum absolute atomic E-state index is 12.6. The van der Waals surface area contributed by atoms with Crippen LogP contribution >= 0.6 is 0 Å². The fourth-order valence-corrected chi connectivity index (χ4v) is 7.93. The molecule has 7 atom stereocenters. The summed E-state index contributed by atoms with van der Waals surface area (Å²) in [6.07, 6.45) is 11.3. The Morgan fingerprint density at radius 1 is 0.964 bits per heavy atom. The molecule has 0 radical (unpaired) electrons. The third-order valence-electron chi connectivity index (χ3n) is 9.66. The van der Waals surface area contributed by atoms with Gasteiger partial charge >= 0.3 is 0 Å². The Balaban J connectivity index is 1.27. The summed E-state index contributed by atoms with van der Waals surface area (Å²) in [5.74, 6) is 3.69. The average Bonchev–Trinajstić information content (AvgIpc) is 3.02. The van der Waals surface area contributed by atoms with Crippen LogP contribution in [-0.4, -0.2) is 11.9 Å². The highest BCUT2D eigenvalue weighted by Gasteiger charge is 2.60. The normalized spacial score (nSPS) is 45.2. The molecule has 4 saturated carbocycles. The molecule has 2 heteroatoms. The van der Waals surface area contributed by atoms with Gasteiger partial charge in [0.05, 0.1) is 12.7 Å². The Bertz CT molecular complexity index is 727. The van der Waals surface area contributed by atoms with Gasteiger partial charge in [0.25, 0.3) is 0 Å². The van der Waals surface area contributed by atoms with Gasteiger partial charge in [-0.3, -0.25) is 4.79 Å². The molecular weight excluding hydrogens is 344 g/mol. The molecular formula is C26H36O2. The number of fused-ring (bicyclic) bond motifs is 5. The van der Waals surface area contributed by atoms with Crippen molar-refractivity contribution in [1.29, 1.82) is 0 Å². The number of hydrogen-bond acceptors (Lipinski definition) is 2. The molecule has 0 heterocycles. The summed E-state index contributed by atoms with van der Waals surface area (Å²) in [5.41, 5.74) is 1.78. The Hall–Kier alpha value is -1.15. The van der Waals surface area contributed by atoms with Crippen molar-refractivity contribution >= 4 is 5.78 Å². The molecule has 28 heavy (non-hydrogen) atoms. The zero-order chi connectivity index (χ0) is 19.4. The summed E-state index contributed by atoms with van der Waals surface area (Å²) in [5, 5.41) is 0. The molecule has 3 unspecified atom stereocenters. The maximum atomic E-state index is 12.6. The topological polar surface area (TPSA) is 26.3 Å². The standard InChI is InChI=1S/C26H36O2/c1-25-14-12-20(28-17-18-6-4-3-5-7-18)16-19(25)8-9-21-22-10-11-24(27)26(22,2)15-13-23(21)25/h3-7,19-23H,8-17H2,1-2H3/t19-,20-,21?,22?,23?,25-,26-/m0/s1. The molecule has 1 aromatic rings. The van der Waals surface area contributed by atoms with Crippen molar-refractivity contribution in [3.05, 3.63) is 35.9 Å². The number of carbonyl (C=O) groups excluding carboxylic acids is 1. The van der Waals surface area contributed by atoms with Crippen LogP contribution in [0.4, 0.5) is 0 Å². The van der Waals surface area contributed by atoms with Gasteiger partial charge in [-0.05, 0) is 86.0 Å². The predicted molar refractivity (Wildman–Crippen MR) is 112 cm³/mol. The molecule has 5 rings (SSSR count). The van der Waals surface area contributed by atoms with Crippen molar-refractivity contribution in [2.24, 2.45) is 34.5 Å². The second kappa shape index (κ2) is 6.97. The first-order valence-electron chi connectivity index (χ1n) is 11.7. The largest absolute Gasteiger partial charge is 0.374 e. The van der Waals surface area contributed by atoms with Gasteiger partial charge < -0.3 is 4.74 Å². The van der Waals surface area contributed by atoms with Crippen molar-refractivity contribution in [3.63, 3.8) is 0 Å². The monoisotopic (exact) mass is 380 g/mol. The van der Waals surface area contributed by atoms with Gasteiger partial charge in [0.1, 0.15) is 5.78 Å². The van der Waals surface area contributed by atoms with E-state index >= 15 is 0 Å². The lowest BCUT2D eigenvalue weighted by Crippen LogP contribution is -2.54. The molecule has 1 aromatic carbocycles. The van der Waals surface area contributed by atoms with E-state index in [2.05, 4.69) is 44.2 Å². The summed E-state index contributed by atoms with van der Waals surface area (Å²) < 4.78 is 6.35. The van der Waals surface area contributed by atoms with Crippen molar-refractivity contribution in [2.45, 2.75) is 84.3 Å². The maximum Gasteiger partial charge on any atom is 0.139 e. The molecule has 0 amide bonds. The Morgan fingerprint density at radius 3 is 2.61 bits per heavy atom. The van der Waals surface area contributed by atoms with Gasteiger partial charge in [-0.2, -0.15) is 0 Å². The van der Waals surface area contributed by atoms with Crippen LogP contribution in [0.3, 0.4) is 0 Å². The van der Waals surface area contributed by atoms with Crippen molar-refractivity contribution in [1.82, 2.24) is 0 Å². The fraction of sp³-hybridized carbons (Fsp3) is 0.731. The fourth-order valence-electron chi connectivity index (χ4n) is 7.93. The zero-order valence-corrected chi connectivity index (χ0v) is 17.7. The first-order valence-corrected chi connectivity index (χ1v) is 11.7. The highest BCUT2D eigenvalue weighted by Crippen LogP contribution is 2.65. The minimum absolute atomic E-state index is 0.0142. The SMILES string of the molecule is C[C@]12CCC3C(CC[C@H]4C[C@@H](OCc5ccccc5)CC[C@]34C)C1CCC2=O. The lowest BCUT2D eigenvalue weighted by molar-refractivity contribution is -0.145. The van der Waals surface area contributed by atoms with Gasteiger partial charge in [0, 0.05) is 11.8 Å². The van der Waals surface area contributed by atoms with Gasteiger partial charge in [-0.25, -0.2) is 0 Å². The smallest absolute Gasteiger partial charge is 0.139 e. The van der Waals surface area contributed by atoms with Crippen LogP contribution in [-0.2, 0) is 16.1 Å². The molecule has 2 nitrogen and oxygen atoms in total. The first-order chi connectivity index (χ1) is 13.5. The molecule has 0 N–H and O–H groups in total. The minimum Gasteiger partial charge on any atom is -0.374 e. The van der Waals surface area contributed by atoms with Crippen LogP contribution in [0.25, 0.3) is 0 Å². The van der Waals surface area contributed by atoms with Crippen LogP contribution in [0.2, 0.25) is 0 Å². The van der Waals surface area contributed by atoms with E-state index in [-0.39, 0.29) is 5.41 Å². The third-order valence-corrected chi connectivity index (χ3v) is 9.66. The van der Waals surface area contributed by atoms with E-state index in [0.29, 0.717) is 23.2 Å². The number of carbonyl (C=O) groups is 1. The molecule has 0 saturated heterocycles. The van der Waals surface area contributed by atoms with Crippen molar-refractivity contribution in [3.8, 4) is 0 Å². The van der Waals surface area contributed by atoms with Crippen LogP contribution in [0.5, 0.6) is 0 Å². The number of ether oxygens (including phenoxy) is 1. The van der Waals surface area contributed by atoms with E-state index in [9.17, 15) is 4.79 Å². The van der Waals surface area contributed by atoms with Crippen LogP contribution in [0.1, 0.15) is 77.2 Å². The van der Waals surface area contributed by atoms with Crippen LogP contribution in [0, 0.1) is 34.5 Å². The molecule has 4 fully saturated rings. The van der Waals surface area contributed by atoms with E-state index in [4.69, 9.17) is 4.74 Å². The van der Waals surface area contributed by atoms with Crippen LogP contribution in [0.15, 0.2) is 30.3 Å². The number of Topliss-reactive ketones (excluding diaryl/α,β-unsaturated/α-hetero) is 1. The zero-order valence-electron chi connectivity index (χ0n) is 17.7. The quantitative estimate of drug-likeness (QED) is 0.625. The van der Waals surface area contributed by atoms with Gasteiger partial charge in [0.2, 0.25) is 0 Å². The van der Waals surface area contributed by atoms with E-state index in [1.165, 1.54) is 50.5 Å². The van der Waals surface area contributed by atoms with Gasteiger partial charge in [0.15, 0.2) is 0 Å². The summed E-state index contributed by atoms with van der Waals surface area (Å²) in [4.78, 5) is 12.6. The Kier molecular flexibility index (Phi) is 4.69. The summed E-state index contributed by atoms with van der Waals surface area (Å²) in [6, 6.07) is 10.6. The van der Waals surface area contributed by atoms with Gasteiger partial charge in [-0.1, -0.05) is 44.2 Å². The number of rotatable bonds is 3. The average molecular weight is 381 g/mol. The summed E-state index contributed by atoms with van der Waals surface area (Å²) >= 11 is 0. The van der Waals surface area contributed by atoms with Crippen molar-refractivity contribution < 1.29 is 9.53 Å². The Morgan fingerprint density at radius 2 is 1.79 bits per heavy atom. The van der Waals surface area contributed by atoms with E-state index < -0.39 is 0 Å². The molecule has 0 spiro atoms. The number of ketones is 1. The Labute approximate surface area is 170 Å². The summed E-state index contributed by atoms with van der Waals surface area (Å²) in [6.45, 7) is 5.65. The highest BCUT2D eigenvalue weighted by molar-refractivity contribution is 5.87. The minimum atomic E-state index is 0.0142. The lowest BCUT2D eigenvalue weighted by Gasteiger charge is -2.60. The first kappa shape index (κ1) is 18.9.